The summed E-state index contributed by atoms with van der Waals surface area (Å²) >= 11 is 6.46. The Morgan fingerprint density at radius 2 is 1.82 bits per heavy atom. The molecule has 200 valence electrons. The molecule has 0 aliphatic carbocycles. The van der Waals surface area contributed by atoms with Crippen LogP contribution in [0.4, 0.5) is 34.5 Å². The number of nitrogens with zero attached hydrogens (tertiary/aromatic N) is 4. The van der Waals surface area contributed by atoms with Gasteiger partial charge in [-0.05, 0) is 37.1 Å². The number of hydrogen-bond donors (Lipinski definition) is 2. The number of ether oxygens (including phenoxy) is 3. The van der Waals surface area contributed by atoms with Crippen molar-refractivity contribution < 1.29 is 19.0 Å². The second kappa shape index (κ2) is 11.3. The van der Waals surface area contributed by atoms with Gasteiger partial charge in [-0.25, -0.2) is 4.98 Å². The molecular weight excluding hydrogens is 508 g/mol. The van der Waals surface area contributed by atoms with Gasteiger partial charge in [-0.3, -0.25) is 4.79 Å². The number of methoxy groups -OCH3 is 2. The Morgan fingerprint density at radius 1 is 1.03 bits per heavy atom. The molecule has 38 heavy (non-hydrogen) atoms. The van der Waals surface area contributed by atoms with E-state index in [4.69, 9.17) is 25.8 Å². The molecule has 1 saturated heterocycles. The fraction of sp³-hybridized carbons (Fsp3) is 0.370. The third-order valence-corrected chi connectivity index (χ3v) is 7.07. The lowest BCUT2D eigenvalue weighted by Crippen LogP contribution is -2.36. The Bertz CT molecular complexity index is 1330. The minimum absolute atomic E-state index is 0.0941. The van der Waals surface area contributed by atoms with E-state index in [0.717, 1.165) is 48.6 Å². The van der Waals surface area contributed by atoms with Crippen LogP contribution in [0.1, 0.15) is 18.4 Å². The lowest BCUT2D eigenvalue weighted by Gasteiger charge is -2.29. The van der Waals surface area contributed by atoms with Gasteiger partial charge >= 0.3 is 0 Å². The monoisotopic (exact) mass is 538 g/mol. The number of carbonyl (C=O) groups excluding carboxylic acids is 1. The molecule has 0 bridgehead atoms. The summed E-state index contributed by atoms with van der Waals surface area (Å²) in [7, 11) is 5.05. The molecule has 2 aliphatic rings. The molecule has 0 radical (unpaired) electrons. The van der Waals surface area contributed by atoms with Gasteiger partial charge in [-0.15, -0.1) is 0 Å². The highest BCUT2D eigenvalue weighted by atomic mass is 35.5. The maximum absolute atomic E-state index is 12.3. The number of fused-ring (bicyclic) bond motifs is 1. The van der Waals surface area contributed by atoms with Crippen molar-refractivity contribution in [3.63, 3.8) is 0 Å². The van der Waals surface area contributed by atoms with Crippen LogP contribution in [-0.2, 0) is 16.0 Å². The Hall–Kier alpha value is -3.76. The van der Waals surface area contributed by atoms with Crippen LogP contribution < -0.4 is 29.9 Å². The lowest BCUT2D eigenvalue weighted by molar-refractivity contribution is -0.118. The van der Waals surface area contributed by atoms with Crippen molar-refractivity contribution in [1.29, 1.82) is 0 Å². The summed E-state index contributed by atoms with van der Waals surface area (Å²) in [6.45, 7) is 3.08. The smallest absolute Gasteiger partial charge is 0.229 e. The van der Waals surface area contributed by atoms with Gasteiger partial charge in [0.25, 0.3) is 0 Å². The fourth-order valence-electron chi connectivity index (χ4n) is 4.79. The van der Waals surface area contributed by atoms with Gasteiger partial charge in [0.1, 0.15) is 16.5 Å². The number of hydrogen-bond acceptors (Lipinski definition) is 9. The first-order chi connectivity index (χ1) is 18.5. The van der Waals surface area contributed by atoms with Crippen LogP contribution in [0.5, 0.6) is 11.5 Å². The van der Waals surface area contributed by atoms with Crippen molar-refractivity contribution in [2.75, 3.05) is 68.0 Å². The number of rotatable bonds is 7. The predicted octanol–water partition coefficient (Wildman–Crippen LogP) is 4.77. The summed E-state index contributed by atoms with van der Waals surface area (Å²) in [5, 5.41) is 6.90. The quantitative estimate of drug-likeness (QED) is 0.440. The number of benzene rings is 2. The van der Waals surface area contributed by atoms with Crippen LogP contribution >= 0.6 is 11.6 Å². The zero-order valence-corrected chi connectivity index (χ0v) is 22.5. The first-order valence-corrected chi connectivity index (χ1v) is 12.9. The lowest BCUT2D eigenvalue weighted by atomic mass is 10.0. The normalized spacial score (nSPS) is 15.5. The number of carbonyl (C=O) groups is 1. The summed E-state index contributed by atoms with van der Waals surface area (Å²) in [6.07, 6.45) is 3.53. The molecule has 1 amide bonds. The average Bonchev–Trinajstić information content (AvgIpc) is 3.09. The van der Waals surface area contributed by atoms with Crippen LogP contribution in [0.25, 0.3) is 0 Å². The number of amides is 1. The van der Waals surface area contributed by atoms with E-state index in [-0.39, 0.29) is 5.91 Å². The van der Waals surface area contributed by atoms with Gasteiger partial charge in [0, 0.05) is 43.9 Å². The molecule has 10 nitrogen and oxygen atoms in total. The molecule has 11 heteroatoms. The first-order valence-electron chi connectivity index (χ1n) is 12.5. The maximum atomic E-state index is 12.3. The molecule has 1 fully saturated rings. The summed E-state index contributed by atoms with van der Waals surface area (Å²) in [5.41, 5.74) is 4.32. The van der Waals surface area contributed by atoms with E-state index >= 15 is 0 Å². The summed E-state index contributed by atoms with van der Waals surface area (Å²) in [6, 6.07) is 9.75. The minimum Gasteiger partial charge on any atom is -0.494 e. The standard InChI is InChI=1S/C27H31ClN6O4/c1-33-22-10-9-21(25(37-3)18(22)5-4-6-24(33)35)31-27-29-16-19(28)26(32-27)30-20-8-7-17(15-23(20)36-2)34-11-13-38-14-12-34/h7-10,15-16H,4-6,11-14H2,1-3H3,(H2,29,30,31,32). The number of anilines is 6. The van der Waals surface area contributed by atoms with E-state index < -0.39 is 0 Å². The van der Waals surface area contributed by atoms with Crippen LogP contribution in [0.15, 0.2) is 36.5 Å². The topological polar surface area (TPSA) is 101 Å². The molecule has 1 aromatic heterocycles. The number of aromatic nitrogens is 2. The second-order valence-electron chi connectivity index (χ2n) is 9.07. The van der Waals surface area contributed by atoms with Gasteiger partial charge in [0.2, 0.25) is 11.9 Å². The van der Waals surface area contributed by atoms with Gasteiger partial charge in [-0.2, -0.15) is 4.98 Å². The van der Waals surface area contributed by atoms with E-state index in [1.165, 1.54) is 6.20 Å². The summed E-state index contributed by atoms with van der Waals surface area (Å²) < 4.78 is 16.9. The second-order valence-corrected chi connectivity index (χ2v) is 9.48. The SMILES string of the molecule is COc1cc(N2CCOCC2)ccc1Nc1nc(Nc2ccc3c(c2OC)CCCC(=O)N3C)ncc1Cl. The number of halogens is 1. The Balaban J connectivity index is 1.40. The van der Waals surface area contributed by atoms with E-state index in [2.05, 4.69) is 25.5 Å². The number of nitrogens with one attached hydrogen (secondary N) is 2. The van der Waals surface area contributed by atoms with Crippen molar-refractivity contribution >= 4 is 52.0 Å². The van der Waals surface area contributed by atoms with Crippen LogP contribution in [-0.4, -0.2) is 63.4 Å². The molecule has 5 rings (SSSR count). The van der Waals surface area contributed by atoms with E-state index in [0.29, 0.717) is 53.6 Å². The molecular formula is C27H31ClN6O4. The van der Waals surface area contributed by atoms with Gasteiger partial charge in [0.15, 0.2) is 5.82 Å². The molecule has 2 aromatic carbocycles. The molecule has 0 atom stereocenters. The molecule has 0 spiro atoms. The molecule has 3 aromatic rings. The van der Waals surface area contributed by atoms with Crippen molar-refractivity contribution in [3.8, 4) is 11.5 Å². The van der Waals surface area contributed by atoms with Gasteiger partial charge in [0.05, 0.1) is 50.7 Å². The Kier molecular flexibility index (Phi) is 7.71. The molecule has 2 aliphatic heterocycles. The van der Waals surface area contributed by atoms with Crippen LogP contribution in [0, 0.1) is 0 Å². The van der Waals surface area contributed by atoms with E-state index in [9.17, 15) is 4.79 Å². The van der Waals surface area contributed by atoms with Gasteiger partial charge in [-0.1, -0.05) is 11.6 Å². The van der Waals surface area contributed by atoms with E-state index in [1.807, 2.05) is 30.3 Å². The third kappa shape index (κ3) is 5.27. The molecule has 2 N–H and O–H groups in total. The Morgan fingerprint density at radius 3 is 2.58 bits per heavy atom. The van der Waals surface area contributed by atoms with Crippen molar-refractivity contribution in [2.24, 2.45) is 0 Å². The molecule has 3 heterocycles. The molecule has 0 unspecified atom stereocenters. The van der Waals surface area contributed by atoms with Gasteiger partial charge < -0.3 is 34.6 Å². The zero-order valence-electron chi connectivity index (χ0n) is 21.7. The van der Waals surface area contributed by atoms with Crippen LogP contribution in [0.3, 0.4) is 0 Å². The fourth-order valence-corrected chi connectivity index (χ4v) is 4.93. The van der Waals surface area contributed by atoms with E-state index in [1.54, 1.807) is 26.2 Å². The highest BCUT2D eigenvalue weighted by molar-refractivity contribution is 6.33. The average molecular weight is 539 g/mol. The third-order valence-electron chi connectivity index (χ3n) is 6.80. The Labute approximate surface area is 226 Å². The van der Waals surface area contributed by atoms with Crippen molar-refractivity contribution in [2.45, 2.75) is 19.3 Å². The first kappa shape index (κ1) is 25.9. The van der Waals surface area contributed by atoms with Crippen LogP contribution in [0.2, 0.25) is 5.02 Å². The highest BCUT2D eigenvalue weighted by Crippen LogP contribution is 2.40. The van der Waals surface area contributed by atoms with Crippen molar-refractivity contribution in [1.82, 2.24) is 9.97 Å². The highest BCUT2D eigenvalue weighted by Gasteiger charge is 2.24. The summed E-state index contributed by atoms with van der Waals surface area (Å²) in [5.74, 6) is 2.20. The zero-order chi connectivity index (χ0) is 26.6. The summed E-state index contributed by atoms with van der Waals surface area (Å²) in [4.78, 5) is 25.3. The number of morpholine rings is 1. The van der Waals surface area contributed by atoms with Crippen molar-refractivity contribution in [3.05, 3.63) is 47.1 Å². The molecule has 0 saturated carbocycles. The largest absolute Gasteiger partial charge is 0.494 e. The minimum atomic E-state index is 0.0941. The maximum Gasteiger partial charge on any atom is 0.229 e. The predicted molar refractivity (Wildman–Crippen MR) is 149 cm³/mol.